The molecule has 0 saturated carbocycles. The molecule has 0 aromatic heterocycles. The van der Waals surface area contributed by atoms with Gasteiger partial charge in [-0.05, 0) is 20.8 Å². The highest BCUT2D eigenvalue weighted by Gasteiger charge is 2.15. The van der Waals surface area contributed by atoms with Gasteiger partial charge in [-0.25, -0.2) is 0 Å². The maximum Gasteiger partial charge on any atom is 0.0221 e. The van der Waals surface area contributed by atoms with E-state index in [1.807, 2.05) is 20.8 Å². The maximum atomic E-state index is 5.49. The molecule has 2 N–H and O–H groups in total. The van der Waals surface area contributed by atoms with Crippen molar-refractivity contribution in [1.29, 1.82) is 0 Å². The van der Waals surface area contributed by atoms with Crippen molar-refractivity contribution in [3.63, 3.8) is 0 Å². The molecule has 8 heavy (non-hydrogen) atoms. The highest BCUT2D eigenvalue weighted by molar-refractivity contribution is 7.81. The fourth-order valence-corrected chi connectivity index (χ4v) is 0. The molecular weight excluding hydrogens is 142 g/mol. The van der Waals surface area contributed by atoms with Crippen LogP contribution in [0.25, 0.3) is 0 Å². The van der Waals surface area contributed by atoms with Crippen molar-refractivity contribution < 1.29 is 0 Å². The van der Waals surface area contributed by atoms with Crippen molar-refractivity contribution in [2.75, 3.05) is 0 Å². The van der Waals surface area contributed by atoms with Crippen LogP contribution < -0.4 is 5.73 Å². The van der Waals surface area contributed by atoms with E-state index in [1.165, 1.54) is 0 Å². The molecule has 0 heterocycles. The van der Waals surface area contributed by atoms with Crippen molar-refractivity contribution in [3.05, 3.63) is 0 Å². The van der Waals surface area contributed by atoms with Gasteiger partial charge in [0.25, 0.3) is 0 Å². The lowest BCUT2D eigenvalue weighted by atomic mass is 10.1. The van der Waals surface area contributed by atoms with E-state index in [1.54, 1.807) is 0 Å². The largest absolute Gasteiger partial charge is 0.327 e. The van der Waals surface area contributed by atoms with Gasteiger partial charge < -0.3 is 5.73 Å². The van der Waals surface area contributed by atoms with E-state index in [4.69, 9.17) is 5.73 Å². The Morgan fingerprint density at radius 1 is 1.50 bits per heavy atom. The van der Waals surface area contributed by atoms with Gasteiger partial charge in [0, 0.05) is 10.8 Å². The van der Waals surface area contributed by atoms with Crippen LogP contribution in [0.5, 0.6) is 0 Å². The van der Waals surface area contributed by atoms with E-state index in [9.17, 15) is 0 Å². The number of halogens is 1. The molecule has 0 aliphatic heterocycles. The monoisotopic (exact) mass is 155 g/mol. The van der Waals surface area contributed by atoms with E-state index in [-0.39, 0.29) is 23.2 Å². The van der Waals surface area contributed by atoms with Crippen LogP contribution in [0.15, 0.2) is 0 Å². The fraction of sp³-hybridized carbons (Fsp3) is 1.00. The normalized spacial score (nSPS) is 14.6. The summed E-state index contributed by atoms with van der Waals surface area (Å²) in [6.45, 7) is 5.95. The standard InChI is InChI=1S/C5H13NS.ClH/c1-4(6)5(2,3)7;/h4,7H,6H2,1-3H3;1H. The Bertz CT molecular complexity index is 57.9. The van der Waals surface area contributed by atoms with Gasteiger partial charge in [0.05, 0.1) is 0 Å². The van der Waals surface area contributed by atoms with Gasteiger partial charge in [-0.3, -0.25) is 0 Å². The van der Waals surface area contributed by atoms with Crippen molar-refractivity contribution in [2.45, 2.75) is 31.6 Å². The van der Waals surface area contributed by atoms with Crippen LogP contribution in [-0.2, 0) is 0 Å². The van der Waals surface area contributed by atoms with Crippen LogP contribution >= 0.6 is 25.0 Å². The van der Waals surface area contributed by atoms with Crippen LogP contribution in [0.2, 0.25) is 0 Å². The first kappa shape index (κ1) is 11.4. The zero-order valence-electron chi connectivity index (χ0n) is 5.51. The molecule has 0 aliphatic carbocycles. The molecule has 0 fully saturated rings. The van der Waals surface area contributed by atoms with Gasteiger partial charge >= 0.3 is 0 Å². The molecule has 1 atom stereocenters. The number of thiol groups is 1. The smallest absolute Gasteiger partial charge is 0.0221 e. The lowest BCUT2D eigenvalue weighted by Gasteiger charge is -2.21. The summed E-state index contributed by atoms with van der Waals surface area (Å²) >= 11 is 4.22. The molecule has 0 radical (unpaired) electrons. The SMILES string of the molecule is CC(N)C(C)(C)S.Cl. The Hall–Kier alpha value is 0.600. The van der Waals surface area contributed by atoms with Crippen LogP contribution in [0.3, 0.4) is 0 Å². The van der Waals surface area contributed by atoms with Gasteiger partial charge in [-0.15, -0.1) is 12.4 Å². The zero-order valence-corrected chi connectivity index (χ0v) is 7.22. The molecule has 0 rings (SSSR count). The second-order valence-electron chi connectivity index (χ2n) is 2.44. The van der Waals surface area contributed by atoms with Gasteiger partial charge in [0.1, 0.15) is 0 Å². The Morgan fingerprint density at radius 3 is 1.62 bits per heavy atom. The van der Waals surface area contributed by atoms with Gasteiger partial charge in [0.2, 0.25) is 0 Å². The van der Waals surface area contributed by atoms with E-state index >= 15 is 0 Å². The first-order chi connectivity index (χ1) is 2.94. The van der Waals surface area contributed by atoms with E-state index < -0.39 is 0 Å². The quantitative estimate of drug-likeness (QED) is 0.551. The Morgan fingerprint density at radius 2 is 1.62 bits per heavy atom. The van der Waals surface area contributed by atoms with Crippen molar-refractivity contribution in [1.82, 2.24) is 0 Å². The summed E-state index contributed by atoms with van der Waals surface area (Å²) in [5.41, 5.74) is 5.49. The Balaban J connectivity index is 0. The summed E-state index contributed by atoms with van der Waals surface area (Å²) in [5.74, 6) is 0. The molecule has 0 saturated heterocycles. The lowest BCUT2D eigenvalue weighted by molar-refractivity contribution is 0.582. The van der Waals surface area contributed by atoms with Gasteiger partial charge in [-0.2, -0.15) is 12.6 Å². The third kappa shape index (κ3) is 4.75. The van der Waals surface area contributed by atoms with Crippen molar-refractivity contribution >= 4 is 25.0 Å². The third-order valence-corrected chi connectivity index (χ3v) is 1.52. The van der Waals surface area contributed by atoms with Crippen LogP contribution in [0, 0.1) is 0 Å². The molecule has 1 unspecified atom stereocenters. The van der Waals surface area contributed by atoms with Crippen LogP contribution in [-0.4, -0.2) is 10.8 Å². The molecule has 0 aliphatic rings. The Labute approximate surface area is 62.8 Å². The number of hydrogen-bond donors (Lipinski definition) is 2. The minimum Gasteiger partial charge on any atom is -0.327 e. The highest BCUT2D eigenvalue weighted by atomic mass is 35.5. The average Bonchev–Trinajstić information content (AvgIpc) is 1.31. The maximum absolute atomic E-state index is 5.49. The molecule has 0 bridgehead atoms. The van der Waals surface area contributed by atoms with Gasteiger partial charge in [0.15, 0.2) is 0 Å². The van der Waals surface area contributed by atoms with Crippen LogP contribution in [0.1, 0.15) is 20.8 Å². The summed E-state index contributed by atoms with van der Waals surface area (Å²) < 4.78 is -0.0278. The number of rotatable bonds is 1. The minimum absolute atomic E-state index is 0. The summed E-state index contributed by atoms with van der Waals surface area (Å²) in [6.07, 6.45) is 0. The minimum atomic E-state index is -0.0278. The first-order valence-corrected chi connectivity index (χ1v) is 2.87. The average molecular weight is 156 g/mol. The van der Waals surface area contributed by atoms with Crippen molar-refractivity contribution in [2.24, 2.45) is 5.73 Å². The molecule has 0 spiro atoms. The molecular formula is C5H14ClNS. The second kappa shape index (κ2) is 3.59. The van der Waals surface area contributed by atoms with E-state index in [2.05, 4.69) is 12.6 Å². The first-order valence-electron chi connectivity index (χ1n) is 2.42. The highest BCUT2D eigenvalue weighted by Crippen LogP contribution is 2.14. The fourth-order valence-electron chi connectivity index (χ4n) is 0. The molecule has 0 aromatic carbocycles. The van der Waals surface area contributed by atoms with Crippen LogP contribution in [0.4, 0.5) is 0 Å². The summed E-state index contributed by atoms with van der Waals surface area (Å²) in [6, 6.07) is 0.163. The second-order valence-corrected chi connectivity index (χ2v) is 3.59. The van der Waals surface area contributed by atoms with Crippen molar-refractivity contribution in [3.8, 4) is 0 Å². The summed E-state index contributed by atoms with van der Waals surface area (Å²) in [7, 11) is 0. The molecule has 1 nitrogen and oxygen atoms in total. The third-order valence-electron chi connectivity index (χ3n) is 1.11. The molecule has 0 aromatic rings. The number of hydrogen-bond acceptors (Lipinski definition) is 2. The lowest BCUT2D eigenvalue weighted by Crippen LogP contribution is -2.35. The van der Waals surface area contributed by atoms with E-state index in [0.717, 1.165) is 0 Å². The topological polar surface area (TPSA) is 26.0 Å². The Kier molecular flexibility index (Phi) is 5.12. The summed E-state index contributed by atoms with van der Waals surface area (Å²) in [5, 5.41) is 0. The number of nitrogens with two attached hydrogens (primary N) is 1. The summed E-state index contributed by atoms with van der Waals surface area (Å²) in [4.78, 5) is 0. The predicted molar refractivity (Wildman–Crippen MR) is 44.0 cm³/mol. The zero-order chi connectivity index (χ0) is 6.08. The van der Waals surface area contributed by atoms with E-state index in [0.29, 0.717) is 0 Å². The van der Waals surface area contributed by atoms with Gasteiger partial charge in [-0.1, -0.05) is 0 Å². The molecule has 3 heteroatoms. The molecule has 52 valence electrons. The predicted octanol–water partition coefficient (Wildman–Crippen LogP) is 1.46. The molecule has 0 amide bonds.